The molecule has 1 saturated carbocycles. The number of fused-ring (bicyclic) bond motifs is 1. The highest BCUT2D eigenvalue weighted by molar-refractivity contribution is 5.90. The van der Waals surface area contributed by atoms with Crippen molar-refractivity contribution in [2.75, 3.05) is 0 Å². The van der Waals surface area contributed by atoms with Gasteiger partial charge in [0.2, 0.25) is 0 Å². The van der Waals surface area contributed by atoms with E-state index in [0.717, 1.165) is 18.8 Å². The van der Waals surface area contributed by atoms with Crippen molar-refractivity contribution < 1.29 is 4.79 Å². The molecule has 0 radical (unpaired) electrons. The van der Waals surface area contributed by atoms with E-state index in [9.17, 15) is 4.79 Å². The molecule has 0 unspecified atom stereocenters. The predicted molar refractivity (Wildman–Crippen MR) is 74.6 cm³/mol. The van der Waals surface area contributed by atoms with Crippen LogP contribution < -0.4 is 0 Å². The average molecular weight is 238 g/mol. The van der Waals surface area contributed by atoms with Crippen LogP contribution in [0.25, 0.3) is 10.8 Å². The van der Waals surface area contributed by atoms with Gasteiger partial charge in [-0.2, -0.15) is 0 Å². The second-order valence-electron chi connectivity index (χ2n) is 5.34. The Morgan fingerprint density at radius 3 is 2.67 bits per heavy atom. The van der Waals surface area contributed by atoms with Gasteiger partial charge in [-0.3, -0.25) is 4.79 Å². The second-order valence-corrected chi connectivity index (χ2v) is 5.34. The van der Waals surface area contributed by atoms with E-state index in [4.69, 9.17) is 0 Å². The monoisotopic (exact) mass is 238 g/mol. The van der Waals surface area contributed by atoms with Gasteiger partial charge in [0.1, 0.15) is 5.78 Å². The Morgan fingerprint density at radius 2 is 1.83 bits per heavy atom. The summed E-state index contributed by atoms with van der Waals surface area (Å²) in [5.41, 5.74) is 1.17. The Hall–Kier alpha value is -1.63. The first kappa shape index (κ1) is 11.5. The summed E-state index contributed by atoms with van der Waals surface area (Å²) in [6.45, 7) is 0. The first-order valence-corrected chi connectivity index (χ1v) is 6.81. The molecule has 0 atom stereocenters. The third kappa shape index (κ3) is 2.61. The number of Topliss-reactive ketones (excluding diaryl/α,β-unsaturated/α-hetero) is 1. The summed E-state index contributed by atoms with van der Waals surface area (Å²) in [5, 5.41) is 2.45. The highest BCUT2D eigenvalue weighted by Crippen LogP contribution is 2.33. The lowest BCUT2D eigenvalue weighted by atomic mass is 9.98. The van der Waals surface area contributed by atoms with Gasteiger partial charge >= 0.3 is 0 Å². The van der Waals surface area contributed by atoms with E-state index >= 15 is 0 Å². The van der Waals surface area contributed by atoms with Crippen molar-refractivity contribution in [2.24, 2.45) is 5.92 Å². The largest absolute Gasteiger partial charge is 0.299 e. The van der Waals surface area contributed by atoms with Gasteiger partial charge in [-0.05, 0) is 28.7 Å². The van der Waals surface area contributed by atoms with Crippen LogP contribution in [0.4, 0.5) is 0 Å². The number of benzene rings is 2. The molecule has 0 aromatic heterocycles. The van der Waals surface area contributed by atoms with E-state index in [1.54, 1.807) is 0 Å². The molecule has 3 rings (SSSR count). The topological polar surface area (TPSA) is 17.1 Å². The molecule has 92 valence electrons. The van der Waals surface area contributed by atoms with Crippen LogP contribution in [0, 0.1) is 5.92 Å². The smallest absolute Gasteiger partial charge is 0.137 e. The van der Waals surface area contributed by atoms with Gasteiger partial charge in [0.05, 0.1) is 0 Å². The molecule has 0 N–H and O–H groups in total. The van der Waals surface area contributed by atoms with Crippen molar-refractivity contribution in [1.29, 1.82) is 0 Å². The van der Waals surface area contributed by atoms with Gasteiger partial charge in [-0.1, -0.05) is 55.3 Å². The van der Waals surface area contributed by atoms with Crippen molar-refractivity contribution >= 4 is 16.6 Å². The van der Waals surface area contributed by atoms with E-state index in [1.807, 2.05) is 18.2 Å². The zero-order valence-corrected chi connectivity index (χ0v) is 10.6. The summed E-state index contributed by atoms with van der Waals surface area (Å²) in [5.74, 6) is 1.24. The Balaban J connectivity index is 1.74. The van der Waals surface area contributed by atoms with Crippen LogP contribution in [0.3, 0.4) is 0 Å². The number of rotatable bonds is 5. The fourth-order valence-electron chi connectivity index (χ4n) is 2.52. The molecule has 1 nitrogen and oxygen atoms in total. The van der Waals surface area contributed by atoms with Crippen LogP contribution in [-0.2, 0) is 11.2 Å². The summed E-state index contributed by atoms with van der Waals surface area (Å²) in [6, 6.07) is 14.5. The third-order valence-corrected chi connectivity index (χ3v) is 3.80. The molecule has 0 amide bonds. The molecular weight excluding hydrogens is 220 g/mol. The molecular formula is C17H18O. The summed E-state index contributed by atoms with van der Waals surface area (Å²) < 4.78 is 0. The van der Waals surface area contributed by atoms with Gasteiger partial charge < -0.3 is 0 Å². The summed E-state index contributed by atoms with van der Waals surface area (Å²) in [7, 11) is 0. The molecule has 1 aliphatic rings. The maximum absolute atomic E-state index is 12.0. The Kier molecular flexibility index (Phi) is 3.14. The highest BCUT2D eigenvalue weighted by Gasteiger charge is 2.21. The molecule has 0 saturated heterocycles. The zero-order valence-electron chi connectivity index (χ0n) is 10.6. The first-order chi connectivity index (χ1) is 8.83. The van der Waals surface area contributed by atoms with Gasteiger partial charge in [0, 0.05) is 12.8 Å². The lowest BCUT2D eigenvalue weighted by Gasteiger charge is -2.05. The van der Waals surface area contributed by atoms with Crippen LogP contribution in [0.1, 0.15) is 31.2 Å². The average Bonchev–Trinajstić information content (AvgIpc) is 3.21. The number of carbonyl (C=O) groups is 1. The minimum atomic E-state index is 0.387. The SMILES string of the molecule is O=C(CCC1CC1)Cc1cccc2ccccc12. The maximum Gasteiger partial charge on any atom is 0.137 e. The van der Waals surface area contributed by atoms with E-state index in [-0.39, 0.29) is 0 Å². The van der Waals surface area contributed by atoms with E-state index < -0.39 is 0 Å². The summed E-state index contributed by atoms with van der Waals surface area (Å²) in [6.07, 6.45) is 5.12. The van der Waals surface area contributed by atoms with Crippen LogP contribution >= 0.6 is 0 Å². The summed E-state index contributed by atoms with van der Waals surface area (Å²) in [4.78, 5) is 12.0. The molecule has 18 heavy (non-hydrogen) atoms. The fourth-order valence-corrected chi connectivity index (χ4v) is 2.52. The molecule has 0 spiro atoms. The fraction of sp³-hybridized carbons (Fsp3) is 0.353. The predicted octanol–water partition coefficient (Wildman–Crippen LogP) is 4.14. The molecule has 2 aromatic rings. The molecule has 1 heteroatoms. The van der Waals surface area contributed by atoms with Crippen molar-refractivity contribution in [3.63, 3.8) is 0 Å². The van der Waals surface area contributed by atoms with Crippen molar-refractivity contribution in [2.45, 2.75) is 32.1 Å². The Bertz CT molecular complexity index is 561. The minimum absolute atomic E-state index is 0.387. The molecule has 0 aliphatic heterocycles. The van der Waals surface area contributed by atoms with Crippen molar-refractivity contribution in [3.05, 3.63) is 48.0 Å². The van der Waals surface area contributed by atoms with Gasteiger partial charge in [0.25, 0.3) is 0 Å². The third-order valence-electron chi connectivity index (χ3n) is 3.80. The molecule has 0 heterocycles. The summed E-state index contributed by atoms with van der Waals surface area (Å²) >= 11 is 0. The number of hydrogen-bond donors (Lipinski definition) is 0. The maximum atomic E-state index is 12.0. The van der Waals surface area contributed by atoms with E-state index in [2.05, 4.69) is 24.3 Å². The van der Waals surface area contributed by atoms with Crippen LogP contribution in [0.2, 0.25) is 0 Å². The Morgan fingerprint density at radius 1 is 1.06 bits per heavy atom. The number of carbonyl (C=O) groups excluding carboxylic acids is 1. The molecule has 0 bridgehead atoms. The minimum Gasteiger partial charge on any atom is -0.299 e. The Labute approximate surface area is 108 Å². The quantitative estimate of drug-likeness (QED) is 0.765. The number of hydrogen-bond acceptors (Lipinski definition) is 1. The van der Waals surface area contributed by atoms with Gasteiger partial charge in [-0.15, -0.1) is 0 Å². The molecule has 2 aromatic carbocycles. The van der Waals surface area contributed by atoms with Crippen LogP contribution in [-0.4, -0.2) is 5.78 Å². The van der Waals surface area contributed by atoms with Gasteiger partial charge in [-0.25, -0.2) is 0 Å². The first-order valence-electron chi connectivity index (χ1n) is 6.81. The van der Waals surface area contributed by atoms with Crippen molar-refractivity contribution in [1.82, 2.24) is 0 Å². The highest BCUT2D eigenvalue weighted by atomic mass is 16.1. The lowest BCUT2D eigenvalue weighted by molar-refractivity contribution is -0.118. The normalized spacial score (nSPS) is 14.9. The molecule has 1 aliphatic carbocycles. The van der Waals surface area contributed by atoms with E-state index in [0.29, 0.717) is 12.2 Å². The molecule has 1 fully saturated rings. The van der Waals surface area contributed by atoms with Crippen molar-refractivity contribution in [3.8, 4) is 0 Å². The number of ketones is 1. The van der Waals surface area contributed by atoms with Gasteiger partial charge in [0.15, 0.2) is 0 Å². The standard InChI is InChI=1S/C17H18O/c18-16(11-10-13-8-9-13)12-15-6-3-5-14-4-1-2-7-17(14)15/h1-7,13H,8-12H2. The van der Waals surface area contributed by atoms with Crippen LogP contribution in [0.5, 0.6) is 0 Å². The van der Waals surface area contributed by atoms with Crippen LogP contribution in [0.15, 0.2) is 42.5 Å². The second kappa shape index (κ2) is 4.93. The van der Waals surface area contributed by atoms with E-state index in [1.165, 1.54) is 29.2 Å². The zero-order chi connectivity index (χ0) is 12.4. The lowest BCUT2D eigenvalue weighted by Crippen LogP contribution is -2.03.